The van der Waals surface area contributed by atoms with Gasteiger partial charge in [-0.25, -0.2) is 9.97 Å². The lowest BCUT2D eigenvalue weighted by molar-refractivity contribution is 0.102. The standard InChI is InChI=1S/C25H30N6O/c1-19-6-9-22(10-7-19)29-25(32)21-8-11-23(27-17-21)28-20(2)18-30-13-15-31(16-14-30)24-5-3-4-12-26-24/h3-12,17,20H,13-16,18H2,1-2H3,(H,27,28)(H,29,32). The average molecular weight is 431 g/mol. The van der Waals surface area contributed by atoms with E-state index in [2.05, 4.69) is 43.4 Å². The summed E-state index contributed by atoms with van der Waals surface area (Å²) in [4.78, 5) is 26.1. The molecule has 4 rings (SSSR count). The van der Waals surface area contributed by atoms with E-state index in [1.807, 2.05) is 55.6 Å². The molecule has 7 heteroatoms. The first kappa shape index (κ1) is 21.8. The molecule has 0 aliphatic carbocycles. The number of aromatic nitrogens is 2. The average Bonchev–Trinajstić information content (AvgIpc) is 2.82. The first-order chi connectivity index (χ1) is 15.6. The number of carbonyl (C=O) groups is 1. The van der Waals surface area contributed by atoms with Crippen molar-refractivity contribution in [2.24, 2.45) is 0 Å². The highest BCUT2D eigenvalue weighted by Crippen LogP contribution is 2.14. The normalized spacial score (nSPS) is 15.2. The Bertz CT molecular complexity index is 999. The molecule has 0 spiro atoms. The van der Waals surface area contributed by atoms with E-state index in [-0.39, 0.29) is 11.9 Å². The van der Waals surface area contributed by atoms with E-state index < -0.39 is 0 Å². The molecule has 0 radical (unpaired) electrons. The Kier molecular flexibility index (Phi) is 6.97. The zero-order valence-corrected chi connectivity index (χ0v) is 18.7. The summed E-state index contributed by atoms with van der Waals surface area (Å²) in [5.74, 6) is 1.66. The second kappa shape index (κ2) is 10.2. The summed E-state index contributed by atoms with van der Waals surface area (Å²) in [6, 6.07) is 17.7. The van der Waals surface area contributed by atoms with Gasteiger partial charge < -0.3 is 15.5 Å². The first-order valence-electron chi connectivity index (χ1n) is 11.1. The summed E-state index contributed by atoms with van der Waals surface area (Å²) in [5.41, 5.74) is 2.47. The van der Waals surface area contributed by atoms with Gasteiger partial charge in [0.05, 0.1) is 5.56 Å². The number of nitrogens with one attached hydrogen (secondary N) is 2. The number of rotatable bonds is 7. The van der Waals surface area contributed by atoms with Crippen LogP contribution in [0.1, 0.15) is 22.8 Å². The van der Waals surface area contributed by atoms with Crippen LogP contribution in [0.15, 0.2) is 67.0 Å². The Balaban J connectivity index is 1.23. The van der Waals surface area contributed by atoms with Gasteiger partial charge in [0.2, 0.25) is 0 Å². The van der Waals surface area contributed by atoms with Gasteiger partial charge in [0, 0.05) is 56.8 Å². The number of hydrogen-bond donors (Lipinski definition) is 2. The van der Waals surface area contributed by atoms with Gasteiger partial charge in [-0.05, 0) is 50.2 Å². The molecule has 1 atom stereocenters. The second-order valence-corrected chi connectivity index (χ2v) is 8.27. The molecule has 2 N–H and O–H groups in total. The monoisotopic (exact) mass is 430 g/mol. The molecule has 0 saturated carbocycles. The van der Waals surface area contributed by atoms with Crippen molar-refractivity contribution >= 4 is 23.2 Å². The number of piperazine rings is 1. The summed E-state index contributed by atoms with van der Waals surface area (Å²) < 4.78 is 0. The maximum absolute atomic E-state index is 12.4. The molecule has 32 heavy (non-hydrogen) atoms. The SMILES string of the molecule is Cc1ccc(NC(=O)c2ccc(NC(C)CN3CCN(c4ccccn4)CC3)nc2)cc1. The van der Waals surface area contributed by atoms with Crippen molar-refractivity contribution in [1.82, 2.24) is 14.9 Å². The largest absolute Gasteiger partial charge is 0.366 e. The van der Waals surface area contributed by atoms with Crippen LogP contribution < -0.4 is 15.5 Å². The minimum absolute atomic E-state index is 0.160. The Labute approximate surface area is 189 Å². The van der Waals surface area contributed by atoms with Crippen LogP contribution in [-0.4, -0.2) is 59.5 Å². The lowest BCUT2D eigenvalue weighted by Gasteiger charge is -2.36. The predicted molar refractivity (Wildman–Crippen MR) is 129 cm³/mol. The molecule has 1 aliphatic heterocycles. The molecule has 7 nitrogen and oxygen atoms in total. The summed E-state index contributed by atoms with van der Waals surface area (Å²) in [7, 11) is 0. The maximum atomic E-state index is 12.4. The molecule has 0 bridgehead atoms. The van der Waals surface area contributed by atoms with Crippen molar-refractivity contribution < 1.29 is 4.79 Å². The minimum atomic E-state index is -0.160. The molecule has 1 unspecified atom stereocenters. The van der Waals surface area contributed by atoms with E-state index in [1.165, 1.54) is 0 Å². The Morgan fingerprint density at radius 3 is 2.44 bits per heavy atom. The summed E-state index contributed by atoms with van der Waals surface area (Å²) >= 11 is 0. The molecule has 1 aliphatic rings. The zero-order chi connectivity index (χ0) is 22.3. The fourth-order valence-corrected chi connectivity index (χ4v) is 3.84. The predicted octanol–water partition coefficient (Wildman–Crippen LogP) is 3.66. The van der Waals surface area contributed by atoms with Gasteiger partial charge in [0.25, 0.3) is 5.91 Å². The van der Waals surface area contributed by atoms with Crippen molar-refractivity contribution in [3.05, 3.63) is 78.1 Å². The van der Waals surface area contributed by atoms with Gasteiger partial charge in [0.15, 0.2) is 0 Å². The third-order valence-electron chi connectivity index (χ3n) is 5.61. The van der Waals surface area contributed by atoms with Gasteiger partial charge in [0.1, 0.15) is 11.6 Å². The molecule has 166 valence electrons. The van der Waals surface area contributed by atoms with Crippen molar-refractivity contribution in [2.75, 3.05) is 48.3 Å². The summed E-state index contributed by atoms with van der Waals surface area (Å²) in [6.07, 6.45) is 3.46. The first-order valence-corrected chi connectivity index (χ1v) is 11.1. The topological polar surface area (TPSA) is 73.4 Å². The number of benzene rings is 1. The van der Waals surface area contributed by atoms with E-state index in [0.717, 1.165) is 55.6 Å². The fraction of sp³-hybridized carbons (Fsp3) is 0.320. The minimum Gasteiger partial charge on any atom is -0.366 e. The van der Waals surface area contributed by atoms with Crippen LogP contribution in [0.25, 0.3) is 0 Å². The van der Waals surface area contributed by atoms with Crippen LogP contribution in [0.4, 0.5) is 17.3 Å². The quantitative estimate of drug-likeness (QED) is 0.596. The number of carbonyl (C=O) groups excluding carboxylic acids is 1. The van der Waals surface area contributed by atoms with Gasteiger partial charge in [-0.15, -0.1) is 0 Å². The van der Waals surface area contributed by atoms with Crippen LogP contribution in [-0.2, 0) is 0 Å². The lowest BCUT2D eigenvalue weighted by atomic mass is 10.2. The lowest BCUT2D eigenvalue weighted by Crippen LogP contribution is -2.49. The zero-order valence-electron chi connectivity index (χ0n) is 18.7. The van der Waals surface area contributed by atoms with Crippen molar-refractivity contribution in [1.29, 1.82) is 0 Å². The van der Waals surface area contributed by atoms with Crippen molar-refractivity contribution in [2.45, 2.75) is 19.9 Å². The molecule has 1 saturated heterocycles. The smallest absolute Gasteiger partial charge is 0.257 e. The van der Waals surface area contributed by atoms with Crippen LogP contribution >= 0.6 is 0 Å². The summed E-state index contributed by atoms with van der Waals surface area (Å²) in [6.45, 7) is 9.09. The van der Waals surface area contributed by atoms with Gasteiger partial charge >= 0.3 is 0 Å². The number of nitrogens with zero attached hydrogens (tertiary/aromatic N) is 4. The van der Waals surface area contributed by atoms with E-state index >= 15 is 0 Å². The number of hydrogen-bond acceptors (Lipinski definition) is 6. The van der Waals surface area contributed by atoms with Crippen LogP contribution in [0.2, 0.25) is 0 Å². The molecule has 3 aromatic rings. The number of anilines is 3. The van der Waals surface area contributed by atoms with E-state index in [0.29, 0.717) is 5.56 Å². The van der Waals surface area contributed by atoms with E-state index in [1.54, 1.807) is 12.3 Å². The molecular weight excluding hydrogens is 400 g/mol. The Hall–Kier alpha value is -3.45. The third-order valence-corrected chi connectivity index (χ3v) is 5.61. The maximum Gasteiger partial charge on any atom is 0.257 e. The molecule has 1 aromatic carbocycles. The third kappa shape index (κ3) is 5.82. The van der Waals surface area contributed by atoms with Crippen LogP contribution in [0, 0.1) is 6.92 Å². The highest BCUT2D eigenvalue weighted by molar-refractivity contribution is 6.04. The molecular formula is C25H30N6O. The fourth-order valence-electron chi connectivity index (χ4n) is 3.84. The Morgan fingerprint density at radius 1 is 1.00 bits per heavy atom. The van der Waals surface area contributed by atoms with Crippen LogP contribution in [0.5, 0.6) is 0 Å². The molecule has 3 heterocycles. The second-order valence-electron chi connectivity index (χ2n) is 8.27. The molecule has 1 fully saturated rings. The van der Waals surface area contributed by atoms with E-state index in [9.17, 15) is 4.79 Å². The molecule has 1 amide bonds. The van der Waals surface area contributed by atoms with Gasteiger partial charge in [-0.3, -0.25) is 9.69 Å². The van der Waals surface area contributed by atoms with E-state index in [4.69, 9.17) is 0 Å². The van der Waals surface area contributed by atoms with Gasteiger partial charge in [-0.1, -0.05) is 23.8 Å². The van der Waals surface area contributed by atoms with Gasteiger partial charge in [-0.2, -0.15) is 0 Å². The Morgan fingerprint density at radius 2 is 1.78 bits per heavy atom. The van der Waals surface area contributed by atoms with Crippen LogP contribution in [0.3, 0.4) is 0 Å². The number of pyridine rings is 2. The highest BCUT2D eigenvalue weighted by Gasteiger charge is 2.19. The molecule has 2 aromatic heterocycles. The number of amides is 1. The van der Waals surface area contributed by atoms with Crippen molar-refractivity contribution in [3.63, 3.8) is 0 Å². The number of aryl methyl sites for hydroxylation is 1. The highest BCUT2D eigenvalue weighted by atomic mass is 16.1. The summed E-state index contributed by atoms with van der Waals surface area (Å²) in [5, 5.41) is 6.34. The van der Waals surface area contributed by atoms with Crippen molar-refractivity contribution in [3.8, 4) is 0 Å².